The second-order valence-electron chi connectivity index (χ2n) is 4.54. The smallest absolute Gasteiger partial charge is 0.330 e. The van der Waals surface area contributed by atoms with Crippen molar-refractivity contribution in [2.45, 2.75) is 37.6 Å². The number of hydrogen-bond donors (Lipinski definition) is 0. The summed E-state index contributed by atoms with van der Waals surface area (Å²) in [6.45, 7) is 2.86. The molecule has 2 aliphatic rings. The molecule has 1 heterocycles. The predicted molar refractivity (Wildman–Crippen MR) is 58.8 cm³/mol. The minimum absolute atomic E-state index is 0.161. The highest BCUT2D eigenvalue weighted by Gasteiger charge is 2.54. The third-order valence-corrected chi connectivity index (χ3v) is 3.49. The van der Waals surface area contributed by atoms with Gasteiger partial charge in [0.15, 0.2) is 6.61 Å². The lowest BCUT2D eigenvalue weighted by Gasteiger charge is -2.48. The Labute approximate surface area is 99.4 Å². The Hall–Kier alpha value is -1.65. The predicted octanol–water partition coefficient (Wildman–Crippen LogP) is 0.787. The van der Waals surface area contributed by atoms with E-state index in [0.717, 1.165) is 31.8 Å². The molecule has 0 unspecified atom stereocenters. The van der Waals surface area contributed by atoms with Gasteiger partial charge >= 0.3 is 5.97 Å². The Bertz CT molecular complexity index is 382. The van der Waals surface area contributed by atoms with Crippen LogP contribution in [0, 0.1) is 0 Å². The number of rotatable bonds is 3. The van der Waals surface area contributed by atoms with Gasteiger partial charge in [0.2, 0.25) is 5.91 Å². The van der Waals surface area contributed by atoms with Crippen molar-refractivity contribution in [2.24, 2.45) is 0 Å². The Balaban J connectivity index is 1.96. The van der Waals surface area contributed by atoms with Gasteiger partial charge in [0, 0.05) is 6.08 Å². The van der Waals surface area contributed by atoms with E-state index in [1.165, 1.54) is 4.90 Å². The normalized spacial score (nSPS) is 21.2. The number of carbonyl (C=O) groups is 3. The van der Waals surface area contributed by atoms with Crippen molar-refractivity contribution < 1.29 is 19.1 Å². The molecule has 1 spiro atoms. The fraction of sp³-hybridized carbons (Fsp3) is 0.583. The number of carbonyl (C=O) groups excluding carboxylic acids is 3. The molecule has 0 N–H and O–H groups in total. The van der Waals surface area contributed by atoms with E-state index >= 15 is 0 Å². The van der Waals surface area contributed by atoms with Crippen molar-refractivity contribution in [1.82, 2.24) is 4.90 Å². The van der Waals surface area contributed by atoms with Crippen LogP contribution in [0.1, 0.15) is 32.1 Å². The van der Waals surface area contributed by atoms with Gasteiger partial charge in [0.05, 0.1) is 12.0 Å². The Morgan fingerprint density at radius 1 is 1.41 bits per heavy atom. The van der Waals surface area contributed by atoms with Gasteiger partial charge < -0.3 is 4.74 Å². The van der Waals surface area contributed by atoms with Crippen LogP contribution in [0.25, 0.3) is 0 Å². The largest absolute Gasteiger partial charge is 0.452 e. The lowest BCUT2D eigenvalue weighted by Crippen LogP contribution is -2.65. The molecule has 0 radical (unpaired) electrons. The molecule has 2 fully saturated rings. The summed E-state index contributed by atoms with van der Waals surface area (Å²) >= 11 is 0. The summed E-state index contributed by atoms with van der Waals surface area (Å²) in [4.78, 5) is 35.4. The fourth-order valence-electron chi connectivity index (χ4n) is 2.71. The quantitative estimate of drug-likeness (QED) is 0.413. The zero-order valence-corrected chi connectivity index (χ0v) is 9.61. The molecule has 1 saturated heterocycles. The summed E-state index contributed by atoms with van der Waals surface area (Å²) in [7, 11) is 0. The molecular formula is C12H15NO4. The number of imide groups is 1. The van der Waals surface area contributed by atoms with Crippen molar-refractivity contribution in [3.05, 3.63) is 12.7 Å². The van der Waals surface area contributed by atoms with Crippen LogP contribution in [0.15, 0.2) is 12.7 Å². The molecule has 0 aromatic heterocycles. The van der Waals surface area contributed by atoms with Gasteiger partial charge in [0.1, 0.15) is 0 Å². The summed E-state index contributed by atoms with van der Waals surface area (Å²) in [5, 5.41) is 0. The van der Waals surface area contributed by atoms with Gasteiger partial charge in [-0.05, 0) is 12.8 Å². The maximum Gasteiger partial charge on any atom is 0.330 e. The second-order valence-corrected chi connectivity index (χ2v) is 4.54. The van der Waals surface area contributed by atoms with Crippen molar-refractivity contribution in [3.8, 4) is 0 Å². The lowest BCUT2D eigenvalue weighted by atomic mass is 9.82. The number of β-lactam (4-membered cyclic amide) rings is 1. The highest BCUT2D eigenvalue weighted by molar-refractivity contribution is 6.02. The molecule has 17 heavy (non-hydrogen) atoms. The van der Waals surface area contributed by atoms with E-state index < -0.39 is 11.9 Å². The molecule has 5 heteroatoms. The molecule has 1 aliphatic carbocycles. The number of nitrogens with zero attached hydrogens (tertiary/aromatic N) is 1. The minimum Gasteiger partial charge on any atom is -0.452 e. The highest BCUT2D eigenvalue weighted by Crippen LogP contribution is 2.45. The highest BCUT2D eigenvalue weighted by atomic mass is 16.5. The summed E-state index contributed by atoms with van der Waals surface area (Å²) in [5.41, 5.74) is -0.269. The van der Waals surface area contributed by atoms with Crippen LogP contribution in [0.3, 0.4) is 0 Å². The van der Waals surface area contributed by atoms with Crippen molar-refractivity contribution in [1.29, 1.82) is 0 Å². The van der Waals surface area contributed by atoms with Crippen LogP contribution in [-0.4, -0.2) is 34.8 Å². The first-order valence-electron chi connectivity index (χ1n) is 5.74. The van der Waals surface area contributed by atoms with E-state index in [-0.39, 0.29) is 18.1 Å². The number of likely N-dealkylation sites (tertiary alicyclic amines) is 1. The topological polar surface area (TPSA) is 63.7 Å². The van der Waals surface area contributed by atoms with Crippen LogP contribution < -0.4 is 0 Å². The first-order chi connectivity index (χ1) is 8.09. The van der Waals surface area contributed by atoms with Crippen LogP contribution in [0.5, 0.6) is 0 Å². The molecule has 1 saturated carbocycles. The second kappa shape index (κ2) is 4.31. The van der Waals surface area contributed by atoms with Crippen LogP contribution in [-0.2, 0) is 19.1 Å². The van der Waals surface area contributed by atoms with Crippen molar-refractivity contribution in [3.63, 3.8) is 0 Å². The monoisotopic (exact) mass is 237 g/mol. The average Bonchev–Trinajstić information content (AvgIpc) is 2.76. The Kier molecular flexibility index (Phi) is 3.00. The van der Waals surface area contributed by atoms with Gasteiger partial charge in [-0.15, -0.1) is 0 Å². The molecule has 1 aliphatic heterocycles. The first-order valence-corrected chi connectivity index (χ1v) is 5.74. The SMILES string of the molecule is C=CC(=O)OCC(=O)N1C(=O)CC12CCCC2. The van der Waals surface area contributed by atoms with Gasteiger partial charge in [0.25, 0.3) is 5.91 Å². The average molecular weight is 237 g/mol. The van der Waals surface area contributed by atoms with Crippen LogP contribution in [0.2, 0.25) is 0 Å². The summed E-state index contributed by atoms with van der Waals surface area (Å²) in [6.07, 6.45) is 5.29. The van der Waals surface area contributed by atoms with E-state index in [0.29, 0.717) is 6.42 Å². The zero-order chi connectivity index (χ0) is 12.5. The Morgan fingerprint density at radius 2 is 2.06 bits per heavy atom. The first kappa shape index (κ1) is 11.8. The maximum atomic E-state index is 11.8. The van der Waals surface area contributed by atoms with E-state index in [1.54, 1.807) is 0 Å². The number of ether oxygens (including phenoxy) is 1. The summed E-state index contributed by atoms with van der Waals surface area (Å²) < 4.78 is 4.66. The lowest BCUT2D eigenvalue weighted by molar-refractivity contribution is -0.172. The molecule has 5 nitrogen and oxygen atoms in total. The Morgan fingerprint density at radius 3 is 2.59 bits per heavy atom. The van der Waals surface area contributed by atoms with Gasteiger partial charge in [-0.2, -0.15) is 0 Å². The standard InChI is InChI=1S/C12H15NO4/c1-2-11(16)17-8-10(15)13-9(14)7-12(13)5-3-4-6-12/h2H,1,3-8H2. The fourth-order valence-corrected chi connectivity index (χ4v) is 2.71. The molecule has 0 aromatic rings. The van der Waals surface area contributed by atoms with E-state index in [2.05, 4.69) is 11.3 Å². The third kappa shape index (κ3) is 1.97. The zero-order valence-electron chi connectivity index (χ0n) is 9.61. The molecule has 0 aromatic carbocycles. The molecule has 0 atom stereocenters. The molecular weight excluding hydrogens is 222 g/mol. The number of esters is 1. The van der Waals surface area contributed by atoms with Crippen molar-refractivity contribution in [2.75, 3.05) is 6.61 Å². The van der Waals surface area contributed by atoms with Gasteiger partial charge in [-0.3, -0.25) is 14.5 Å². The molecule has 92 valence electrons. The summed E-state index contributed by atoms with van der Waals surface area (Å²) in [6, 6.07) is 0. The number of hydrogen-bond acceptors (Lipinski definition) is 4. The molecule has 0 bridgehead atoms. The van der Waals surface area contributed by atoms with Gasteiger partial charge in [-0.25, -0.2) is 4.79 Å². The van der Waals surface area contributed by atoms with Gasteiger partial charge in [-0.1, -0.05) is 19.4 Å². The summed E-state index contributed by atoms with van der Waals surface area (Å²) in [5.74, 6) is -1.23. The van der Waals surface area contributed by atoms with Crippen LogP contribution in [0.4, 0.5) is 0 Å². The van der Waals surface area contributed by atoms with Crippen LogP contribution >= 0.6 is 0 Å². The van der Waals surface area contributed by atoms with E-state index in [1.807, 2.05) is 0 Å². The van der Waals surface area contributed by atoms with E-state index in [4.69, 9.17) is 0 Å². The molecule has 2 amide bonds. The van der Waals surface area contributed by atoms with E-state index in [9.17, 15) is 14.4 Å². The maximum absolute atomic E-state index is 11.8. The minimum atomic E-state index is -0.646. The third-order valence-electron chi connectivity index (χ3n) is 3.49. The molecule has 2 rings (SSSR count). The van der Waals surface area contributed by atoms with Crippen molar-refractivity contribution >= 4 is 17.8 Å². The number of amides is 2.